The highest BCUT2D eigenvalue weighted by Crippen LogP contribution is 2.20. The van der Waals surface area contributed by atoms with Gasteiger partial charge >= 0.3 is 6.03 Å². The van der Waals surface area contributed by atoms with Crippen molar-refractivity contribution in [1.82, 2.24) is 20.2 Å². The zero-order valence-electron chi connectivity index (χ0n) is 19.2. The van der Waals surface area contributed by atoms with E-state index in [1.165, 1.54) is 0 Å². The molecule has 176 valence electrons. The van der Waals surface area contributed by atoms with Crippen molar-refractivity contribution in [2.75, 3.05) is 36.4 Å². The number of hydrogen-bond acceptors (Lipinski definition) is 5. The molecule has 3 aromatic rings. The Balaban J connectivity index is 1.44. The summed E-state index contributed by atoms with van der Waals surface area (Å²) in [6, 6.07) is 16.7. The summed E-state index contributed by atoms with van der Waals surface area (Å²) >= 11 is 5.92. The van der Waals surface area contributed by atoms with E-state index in [4.69, 9.17) is 11.6 Å². The second kappa shape index (κ2) is 10.5. The van der Waals surface area contributed by atoms with Gasteiger partial charge in [-0.2, -0.15) is 0 Å². The van der Waals surface area contributed by atoms with Gasteiger partial charge in [0.2, 0.25) is 11.9 Å². The van der Waals surface area contributed by atoms with E-state index in [1.54, 1.807) is 29.2 Å². The summed E-state index contributed by atoms with van der Waals surface area (Å²) in [5, 5.41) is 6.18. The van der Waals surface area contributed by atoms with Crippen molar-refractivity contribution >= 4 is 35.2 Å². The Morgan fingerprint density at radius 1 is 0.912 bits per heavy atom. The molecule has 1 aromatic heterocycles. The predicted octanol–water partition coefficient (Wildman–Crippen LogP) is 3.96. The van der Waals surface area contributed by atoms with Crippen LogP contribution in [0.4, 0.5) is 16.4 Å². The standard InChI is InChI=1S/C25H27ClN6O2/c1-17-16-18(2)28-24(27-17)32-14-12-31(13-15-32)23(33)22(19-6-4-3-5-7-19)30-25(34)29-21-10-8-20(26)9-11-21/h3-11,16,22H,12-15H2,1-2H3,(H2,29,30,34)/t22-/m1/s1. The van der Waals surface area contributed by atoms with Crippen LogP contribution in [0.1, 0.15) is 23.0 Å². The number of aromatic nitrogens is 2. The summed E-state index contributed by atoms with van der Waals surface area (Å²) < 4.78 is 0. The first-order valence-corrected chi connectivity index (χ1v) is 11.5. The molecule has 1 atom stereocenters. The number of urea groups is 1. The minimum absolute atomic E-state index is 0.154. The Kier molecular flexibility index (Phi) is 7.27. The van der Waals surface area contributed by atoms with Gasteiger partial charge in [-0.1, -0.05) is 41.9 Å². The van der Waals surface area contributed by atoms with Gasteiger partial charge in [-0.3, -0.25) is 4.79 Å². The van der Waals surface area contributed by atoms with Gasteiger partial charge in [0.05, 0.1) is 0 Å². The molecule has 2 N–H and O–H groups in total. The number of halogens is 1. The van der Waals surface area contributed by atoms with Crippen molar-refractivity contribution in [1.29, 1.82) is 0 Å². The predicted molar refractivity (Wildman–Crippen MR) is 133 cm³/mol. The molecule has 1 saturated heterocycles. The second-order valence-corrected chi connectivity index (χ2v) is 8.65. The number of carbonyl (C=O) groups is 2. The summed E-state index contributed by atoms with van der Waals surface area (Å²) in [5.74, 6) is 0.531. The van der Waals surface area contributed by atoms with Crippen molar-refractivity contribution < 1.29 is 9.59 Å². The maximum Gasteiger partial charge on any atom is 0.320 e. The van der Waals surface area contributed by atoms with Crippen LogP contribution in [0.3, 0.4) is 0 Å². The maximum atomic E-state index is 13.5. The fourth-order valence-corrected chi connectivity index (χ4v) is 4.05. The van der Waals surface area contributed by atoms with Crippen LogP contribution in [0, 0.1) is 13.8 Å². The highest BCUT2D eigenvalue weighted by atomic mass is 35.5. The van der Waals surface area contributed by atoms with Crippen LogP contribution in [0.15, 0.2) is 60.7 Å². The molecule has 1 aliphatic rings. The number of amides is 3. The van der Waals surface area contributed by atoms with Crippen molar-refractivity contribution in [2.24, 2.45) is 0 Å². The van der Waals surface area contributed by atoms with Crippen LogP contribution >= 0.6 is 11.6 Å². The summed E-state index contributed by atoms with van der Waals surface area (Å²) in [6.45, 7) is 6.16. The monoisotopic (exact) mass is 478 g/mol. The number of benzene rings is 2. The topological polar surface area (TPSA) is 90.5 Å². The molecule has 0 bridgehead atoms. The van der Waals surface area contributed by atoms with E-state index in [-0.39, 0.29) is 5.91 Å². The number of piperazine rings is 1. The number of hydrogen-bond donors (Lipinski definition) is 2. The molecule has 0 saturated carbocycles. The summed E-state index contributed by atoms with van der Waals surface area (Å²) in [5.41, 5.74) is 3.14. The van der Waals surface area contributed by atoms with E-state index >= 15 is 0 Å². The summed E-state index contributed by atoms with van der Waals surface area (Å²) in [7, 11) is 0. The van der Waals surface area contributed by atoms with E-state index in [0.29, 0.717) is 42.8 Å². The molecule has 0 spiro atoms. The Labute approximate surface area is 204 Å². The van der Waals surface area contributed by atoms with Crippen LogP contribution in [0.25, 0.3) is 0 Å². The number of aryl methyl sites for hydroxylation is 2. The minimum atomic E-state index is -0.808. The van der Waals surface area contributed by atoms with Crippen LogP contribution in [-0.2, 0) is 4.79 Å². The Bertz CT molecular complexity index is 1130. The Hall–Kier alpha value is -3.65. The van der Waals surface area contributed by atoms with Gasteiger partial charge < -0.3 is 20.4 Å². The lowest BCUT2D eigenvalue weighted by Gasteiger charge is -2.36. The molecule has 1 fully saturated rings. The smallest absolute Gasteiger partial charge is 0.320 e. The molecule has 8 nitrogen and oxygen atoms in total. The maximum absolute atomic E-state index is 13.5. The van der Waals surface area contributed by atoms with Gasteiger partial charge in [0.15, 0.2) is 0 Å². The van der Waals surface area contributed by atoms with Crippen LogP contribution in [-0.4, -0.2) is 53.0 Å². The highest BCUT2D eigenvalue weighted by molar-refractivity contribution is 6.30. The molecule has 2 aromatic carbocycles. The lowest BCUT2D eigenvalue weighted by molar-refractivity contribution is -0.133. The zero-order chi connectivity index (χ0) is 24.1. The Morgan fingerprint density at radius 3 is 2.15 bits per heavy atom. The average Bonchev–Trinajstić information content (AvgIpc) is 2.84. The molecule has 0 aliphatic carbocycles. The van der Waals surface area contributed by atoms with E-state index in [1.807, 2.05) is 50.2 Å². The molecule has 1 aliphatic heterocycles. The van der Waals surface area contributed by atoms with Gasteiger partial charge in [0.25, 0.3) is 0 Å². The number of nitrogens with one attached hydrogen (secondary N) is 2. The lowest BCUT2D eigenvalue weighted by atomic mass is 10.1. The molecule has 4 rings (SSSR count). The highest BCUT2D eigenvalue weighted by Gasteiger charge is 2.30. The first-order chi connectivity index (χ1) is 16.4. The first-order valence-electron chi connectivity index (χ1n) is 11.1. The van der Waals surface area contributed by atoms with E-state index in [9.17, 15) is 9.59 Å². The van der Waals surface area contributed by atoms with Gasteiger partial charge in [-0.15, -0.1) is 0 Å². The molecular weight excluding hydrogens is 452 g/mol. The van der Waals surface area contributed by atoms with E-state index in [0.717, 1.165) is 17.0 Å². The second-order valence-electron chi connectivity index (χ2n) is 8.21. The quantitative estimate of drug-likeness (QED) is 0.579. The molecule has 0 radical (unpaired) electrons. The van der Waals surface area contributed by atoms with Crippen LogP contribution in [0.2, 0.25) is 5.02 Å². The lowest BCUT2D eigenvalue weighted by Crippen LogP contribution is -2.52. The number of carbonyl (C=O) groups excluding carboxylic acids is 2. The third-order valence-corrected chi connectivity index (χ3v) is 5.85. The van der Waals surface area contributed by atoms with Crippen molar-refractivity contribution in [2.45, 2.75) is 19.9 Å². The minimum Gasteiger partial charge on any atom is -0.337 e. The van der Waals surface area contributed by atoms with E-state index < -0.39 is 12.1 Å². The average molecular weight is 479 g/mol. The third kappa shape index (κ3) is 5.82. The largest absolute Gasteiger partial charge is 0.337 e. The molecular formula is C25H27ClN6O2. The molecule has 3 amide bonds. The number of rotatable bonds is 5. The molecule has 0 unspecified atom stereocenters. The summed E-state index contributed by atoms with van der Waals surface area (Å²) in [6.07, 6.45) is 0. The number of anilines is 2. The van der Waals surface area contributed by atoms with Gasteiger partial charge in [0, 0.05) is 48.3 Å². The van der Waals surface area contributed by atoms with Crippen LogP contribution < -0.4 is 15.5 Å². The molecule has 2 heterocycles. The van der Waals surface area contributed by atoms with E-state index in [2.05, 4.69) is 25.5 Å². The van der Waals surface area contributed by atoms with Crippen molar-refractivity contribution in [3.63, 3.8) is 0 Å². The summed E-state index contributed by atoms with van der Waals surface area (Å²) in [4.78, 5) is 39.1. The fourth-order valence-electron chi connectivity index (χ4n) is 3.92. The van der Waals surface area contributed by atoms with Crippen molar-refractivity contribution in [3.8, 4) is 0 Å². The van der Waals surface area contributed by atoms with Crippen LogP contribution in [0.5, 0.6) is 0 Å². The van der Waals surface area contributed by atoms with Crippen molar-refractivity contribution in [3.05, 3.63) is 82.6 Å². The SMILES string of the molecule is Cc1cc(C)nc(N2CCN(C(=O)[C@H](NC(=O)Nc3ccc(Cl)cc3)c3ccccc3)CC2)n1. The first kappa shape index (κ1) is 23.5. The fraction of sp³-hybridized carbons (Fsp3) is 0.280. The van der Waals surface area contributed by atoms with Gasteiger partial charge in [0.1, 0.15) is 6.04 Å². The third-order valence-electron chi connectivity index (χ3n) is 5.60. The molecule has 34 heavy (non-hydrogen) atoms. The normalized spacial score (nSPS) is 14.4. The van der Waals surface area contributed by atoms with Gasteiger partial charge in [-0.25, -0.2) is 14.8 Å². The number of nitrogens with zero attached hydrogens (tertiary/aromatic N) is 4. The Morgan fingerprint density at radius 2 is 1.53 bits per heavy atom. The molecule has 9 heteroatoms. The zero-order valence-corrected chi connectivity index (χ0v) is 19.9. The van der Waals surface area contributed by atoms with Gasteiger partial charge in [-0.05, 0) is 49.7 Å².